The summed E-state index contributed by atoms with van der Waals surface area (Å²) in [5, 5.41) is 0.964. The maximum absolute atomic E-state index is 13.4. The van der Waals surface area contributed by atoms with E-state index in [-0.39, 0.29) is 5.82 Å². The minimum absolute atomic E-state index is 0.268. The van der Waals surface area contributed by atoms with E-state index in [2.05, 4.69) is 14.8 Å². The molecule has 0 unspecified atom stereocenters. The zero-order chi connectivity index (χ0) is 18.8. The van der Waals surface area contributed by atoms with Crippen LogP contribution in [0.5, 0.6) is 11.6 Å². The maximum Gasteiger partial charge on any atom is 0.213 e. The van der Waals surface area contributed by atoms with Gasteiger partial charge >= 0.3 is 0 Å². The summed E-state index contributed by atoms with van der Waals surface area (Å²) in [6.07, 6.45) is 3.73. The Balaban J connectivity index is 1.44. The van der Waals surface area contributed by atoms with Crippen molar-refractivity contribution in [1.82, 2.24) is 9.88 Å². The fraction of sp³-hybridized carbons (Fsp3) is 0.368. The molecule has 0 atom stereocenters. The number of likely N-dealkylation sites (tertiary alicyclic amines) is 1. The summed E-state index contributed by atoms with van der Waals surface area (Å²) in [5.74, 6) is 0.935. The molecule has 1 saturated heterocycles. The third kappa shape index (κ3) is 3.66. The van der Waals surface area contributed by atoms with Crippen LogP contribution < -0.4 is 14.4 Å². The Labute approximate surface area is 162 Å². The van der Waals surface area contributed by atoms with Crippen molar-refractivity contribution < 1.29 is 13.9 Å². The van der Waals surface area contributed by atoms with E-state index >= 15 is 0 Å². The molecule has 0 spiro atoms. The number of nitrogens with zero attached hydrogens (tertiary/aromatic N) is 4. The number of pyridine rings is 1. The predicted octanol–water partition coefficient (Wildman–Crippen LogP) is 3.16. The largest absolute Gasteiger partial charge is 0.489 e. The van der Waals surface area contributed by atoms with Crippen LogP contribution in [0.4, 0.5) is 15.8 Å². The first-order valence-corrected chi connectivity index (χ1v) is 9.97. The van der Waals surface area contributed by atoms with Crippen molar-refractivity contribution in [1.29, 1.82) is 0 Å². The summed E-state index contributed by atoms with van der Waals surface area (Å²) in [4.78, 5) is 13.5. The number of thioether (sulfide) groups is 1. The highest BCUT2D eigenvalue weighted by Gasteiger charge is 2.36. The van der Waals surface area contributed by atoms with E-state index < -0.39 is 0 Å². The molecule has 0 bridgehead atoms. The summed E-state index contributed by atoms with van der Waals surface area (Å²) in [6, 6.07) is 8.82. The Morgan fingerprint density at radius 1 is 1.33 bits per heavy atom. The number of halogens is 1. The van der Waals surface area contributed by atoms with Crippen LogP contribution in [0, 0.1) is 5.82 Å². The SMILES string of the molecule is COc1ccc(N=C(SC)N2CC(N3CCOc4cc(F)ccc43)C2)cn1. The van der Waals surface area contributed by atoms with Gasteiger partial charge in [-0.2, -0.15) is 0 Å². The van der Waals surface area contributed by atoms with Crippen LogP contribution >= 0.6 is 11.8 Å². The fourth-order valence-electron chi connectivity index (χ4n) is 3.32. The molecule has 0 saturated carbocycles. The van der Waals surface area contributed by atoms with Crippen LogP contribution in [0.3, 0.4) is 0 Å². The number of rotatable bonds is 3. The molecule has 0 N–H and O–H groups in total. The number of ether oxygens (including phenoxy) is 2. The van der Waals surface area contributed by atoms with Gasteiger partial charge in [-0.3, -0.25) is 0 Å². The van der Waals surface area contributed by atoms with E-state index in [0.717, 1.165) is 36.2 Å². The van der Waals surface area contributed by atoms with Gasteiger partial charge in [0.05, 0.1) is 37.3 Å². The Bertz CT molecular complexity index is 840. The van der Waals surface area contributed by atoms with Gasteiger partial charge in [-0.05, 0) is 24.5 Å². The molecule has 1 aromatic carbocycles. The molecule has 2 aromatic rings. The number of fused-ring (bicyclic) bond motifs is 1. The average Bonchev–Trinajstić information content (AvgIpc) is 2.66. The van der Waals surface area contributed by atoms with Gasteiger partial charge in [-0.15, -0.1) is 0 Å². The van der Waals surface area contributed by atoms with Gasteiger partial charge in [-0.1, -0.05) is 11.8 Å². The Morgan fingerprint density at radius 3 is 2.89 bits per heavy atom. The van der Waals surface area contributed by atoms with Gasteiger partial charge in [0.25, 0.3) is 0 Å². The quantitative estimate of drug-likeness (QED) is 0.595. The van der Waals surface area contributed by atoms with Gasteiger partial charge < -0.3 is 19.3 Å². The zero-order valence-corrected chi connectivity index (χ0v) is 16.1. The Kier molecular flexibility index (Phi) is 5.07. The van der Waals surface area contributed by atoms with Crippen LogP contribution in [-0.4, -0.2) is 60.7 Å². The first-order chi connectivity index (χ1) is 13.2. The van der Waals surface area contributed by atoms with E-state index in [1.165, 1.54) is 12.1 Å². The molecule has 0 amide bonds. The van der Waals surface area contributed by atoms with E-state index in [1.54, 1.807) is 37.2 Å². The maximum atomic E-state index is 13.4. The molecule has 0 radical (unpaired) electrons. The second-order valence-electron chi connectivity index (χ2n) is 6.37. The number of hydrogen-bond acceptors (Lipinski definition) is 6. The molecule has 0 aliphatic carbocycles. The number of benzene rings is 1. The fourth-order valence-corrected chi connectivity index (χ4v) is 3.92. The minimum Gasteiger partial charge on any atom is -0.489 e. The zero-order valence-electron chi connectivity index (χ0n) is 15.3. The third-order valence-corrected chi connectivity index (χ3v) is 5.45. The first-order valence-electron chi connectivity index (χ1n) is 8.74. The van der Waals surface area contributed by atoms with E-state index in [9.17, 15) is 4.39 Å². The van der Waals surface area contributed by atoms with Crippen molar-refractivity contribution in [2.45, 2.75) is 6.04 Å². The lowest BCUT2D eigenvalue weighted by Crippen LogP contribution is -2.62. The molecule has 8 heteroatoms. The summed E-state index contributed by atoms with van der Waals surface area (Å²) in [6.45, 7) is 3.14. The first kappa shape index (κ1) is 17.9. The van der Waals surface area contributed by atoms with Gasteiger partial charge in [0.1, 0.15) is 18.2 Å². The molecular weight excluding hydrogens is 367 g/mol. The highest BCUT2D eigenvalue weighted by Crippen LogP contribution is 2.35. The smallest absolute Gasteiger partial charge is 0.213 e. The molecule has 2 aliphatic rings. The van der Waals surface area contributed by atoms with E-state index in [1.807, 2.05) is 12.3 Å². The second-order valence-corrected chi connectivity index (χ2v) is 7.14. The lowest BCUT2D eigenvalue weighted by molar-refractivity contribution is 0.222. The average molecular weight is 388 g/mol. The third-order valence-electron chi connectivity index (χ3n) is 4.73. The molecule has 4 rings (SSSR count). The van der Waals surface area contributed by atoms with Crippen LogP contribution in [-0.2, 0) is 0 Å². The predicted molar refractivity (Wildman–Crippen MR) is 106 cm³/mol. The summed E-state index contributed by atoms with van der Waals surface area (Å²) in [7, 11) is 1.59. The lowest BCUT2D eigenvalue weighted by atomic mass is 10.1. The van der Waals surface area contributed by atoms with E-state index in [4.69, 9.17) is 14.5 Å². The molecule has 2 aliphatic heterocycles. The number of amidine groups is 1. The van der Waals surface area contributed by atoms with Crippen molar-refractivity contribution in [2.75, 3.05) is 44.5 Å². The van der Waals surface area contributed by atoms with Crippen LogP contribution in [0.15, 0.2) is 41.5 Å². The molecule has 27 heavy (non-hydrogen) atoms. The molecule has 1 fully saturated rings. The summed E-state index contributed by atoms with van der Waals surface area (Å²) in [5.41, 5.74) is 1.77. The second kappa shape index (κ2) is 7.64. The van der Waals surface area contributed by atoms with Crippen LogP contribution in [0.2, 0.25) is 0 Å². The van der Waals surface area contributed by atoms with Crippen molar-refractivity contribution >= 4 is 28.3 Å². The normalized spacial score (nSPS) is 17.2. The van der Waals surface area contributed by atoms with Crippen molar-refractivity contribution in [2.24, 2.45) is 4.99 Å². The topological polar surface area (TPSA) is 50.2 Å². The van der Waals surface area contributed by atoms with E-state index in [0.29, 0.717) is 24.3 Å². The van der Waals surface area contributed by atoms with Crippen molar-refractivity contribution in [3.63, 3.8) is 0 Å². The number of aromatic nitrogens is 1. The minimum atomic E-state index is -0.268. The van der Waals surface area contributed by atoms with Crippen molar-refractivity contribution in [3.8, 4) is 11.6 Å². The van der Waals surface area contributed by atoms with Gasteiger partial charge in [0, 0.05) is 25.2 Å². The molecule has 1 aromatic heterocycles. The van der Waals surface area contributed by atoms with Gasteiger partial charge in [0.2, 0.25) is 5.88 Å². The monoisotopic (exact) mass is 388 g/mol. The van der Waals surface area contributed by atoms with Crippen LogP contribution in [0.1, 0.15) is 0 Å². The Hall–Kier alpha value is -2.48. The van der Waals surface area contributed by atoms with Gasteiger partial charge in [0.15, 0.2) is 5.17 Å². The highest BCUT2D eigenvalue weighted by atomic mass is 32.2. The van der Waals surface area contributed by atoms with Crippen LogP contribution in [0.25, 0.3) is 0 Å². The summed E-state index contributed by atoms with van der Waals surface area (Å²) >= 11 is 1.62. The molecular formula is C19H21FN4O2S. The van der Waals surface area contributed by atoms with Crippen molar-refractivity contribution in [3.05, 3.63) is 42.3 Å². The number of anilines is 1. The highest BCUT2D eigenvalue weighted by molar-refractivity contribution is 8.13. The number of methoxy groups -OCH3 is 1. The number of aliphatic imine (C=N–C) groups is 1. The Morgan fingerprint density at radius 2 is 2.19 bits per heavy atom. The standard InChI is InChI=1S/C19H21FN4O2S/c1-25-18-6-4-14(10-21-18)22-19(27-2)23-11-15(12-23)24-7-8-26-17-9-13(20)3-5-16(17)24/h3-6,9-10,15H,7-8,11-12H2,1-2H3. The molecule has 3 heterocycles. The number of hydrogen-bond donors (Lipinski definition) is 0. The van der Waals surface area contributed by atoms with Gasteiger partial charge in [-0.25, -0.2) is 14.4 Å². The summed E-state index contributed by atoms with van der Waals surface area (Å²) < 4.78 is 24.1. The molecule has 6 nitrogen and oxygen atoms in total. The molecule has 142 valence electrons. The lowest BCUT2D eigenvalue weighted by Gasteiger charge is -2.48.